The Balaban J connectivity index is 1.63. The van der Waals surface area contributed by atoms with Gasteiger partial charge in [0.2, 0.25) is 15.9 Å². The molecule has 1 amide bonds. The number of carbonyl (C=O) groups excluding carboxylic acids is 1. The first-order chi connectivity index (χ1) is 14.6. The first-order valence-electron chi connectivity index (χ1n) is 9.26. The molecule has 0 aromatic heterocycles. The van der Waals surface area contributed by atoms with Crippen LogP contribution >= 0.6 is 0 Å². The molecule has 31 heavy (non-hydrogen) atoms. The molecule has 2 aromatic carbocycles. The summed E-state index contributed by atoms with van der Waals surface area (Å²) in [5, 5.41) is 11.3. The minimum absolute atomic E-state index is 0.0487. The Bertz CT molecular complexity index is 1090. The molecule has 164 valence electrons. The third-order valence-corrected chi connectivity index (χ3v) is 6.73. The third kappa shape index (κ3) is 5.53. The molecule has 1 N–H and O–H groups in total. The molecule has 0 bridgehead atoms. The summed E-state index contributed by atoms with van der Waals surface area (Å²) in [7, 11) is -3.77. The Morgan fingerprint density at radius 2 is 1.71 bits per heavy atom. The second-order valence-electron chi connectivity index (χ2n) is 6.85. The topological polar surface area (TPSA) is 99.5 Å². The van der Waals surface area contributed by atoms with Crippen molar-refractivity contribution in [3.63, 3.8) is 0 Å². The Morgan fingerprint density at radius 1 is 1.10 bits per heavy atom. The van der Waals surface area contributed by atoms with Crippen molar-refractivity contribution in [3.05, 3.63) is 54.1 Å². The van der Waals surface area contributed by atoms with Gasteiger partial charge in [0.25, 0.3) is 0 Å². The fraction of sp³-hybridized carbons (Fsp3) is 0.300. The molecule has 11 heteroatoms. The van der Waals surface area contributed by atoms with E-state index in [1.165, 1.54) is 46.8 Å². The summed E-state index contributed by atoms with van der Waals surface area (Å²) in [5.41, 5.74) is 0.224. The number of nitriles is 1. The molecule has 0 radical (unpaired) electrons. The standard InChI is InChI=1S/C20H18F3N3O4S/c21-20(22,23)30-18-4-2-1-3-17(18)25-19(27)15-9-11-26(12-10-15)31(28,29)16-7-5-14(13-24)6-8-16/h1-8,15H,9-12H2,(H,25,27). The first kappa shape index (κ1) is 22.6. The van der Waals surface area contributed by atoms with Crippen molar-refractivity contribution >= 4 is 21.6 Å². The maximum absolute atomic E-state index is 12.8. The monoisotopic (exact) mass is 453 g/mol. The zero-order valence-electron chi connectivity index (χ0n) is 16.1. The third-order valence-electron chi connectivity index (χ3n) is 4.82. The molecule has 3 rings (SSSR count). The van der Waals surface area contributed by atoms with E-state index in [9.17, 15) is 26.4 Å². The van der Waals surface area contributed by atoms with E-state index in [2.05, 4.69) is 10.1 Å². The Hall–Kier alpha value is -3.10. The molecule has 0 atom stereocenters. The van der Waals surface area contributed by atoms with Crippen LogP contribution in [0.3, 0.4) is 0 Å². The molecule has 0 aliphatic carbocycles. The number of halogens is 3. The number of rotatable bonds is 5. The molecule has 0 saturated carbocycles. The highest BCUT2D eigenvalue weighted by Crippen LogP contribution is 2.31. The molecule has 1 fully saturated rings. The van der Waals surface area contributed by atoms with Crippen molar-refractivity contribution < 1.29 is 31.1 Å². The molecular weight excluding hydrogens is 435 g/mol. The maximum atomic E-state index is 12.8. The van der Waals surface area contributed by atoms with Gasteiger partial charge in [-0.1, -0.05) is 12.1 Å². The van der Waals surface area contributed by atoms with Gasteiger partial charge in [0, 0.05) is 19.0 Å². The lowest BCUT2D eigenvalue weighted by Gasteiger charge is -2.30. The summed E-state index contributed by atoms with van der Waals surface area (Å²) in [6.45, 7) is 0.169. The van der Waals surface area contributed by atoms with Crippen LogP contribution in [-0.2, 0) is 14.8 Å². The van der Waals surface area contributed by atoms with Crippen LogP contribution < -0.4 is 10.1 Å². The molecule has 1 aliphatic heterocycles. The van der Waals surface area contributed by atoms with Gasteiger partial charge in [0.1, 0.15) is 0 Å². The minimum Gasteiger partial charge on any atom is -0.404 e. The number of nitrogens with zero attached hydrogens (tertiary/aromatic N) is 2. The lowest BCUT2D eigenvalue weighted by Crippen LogP contribution is -2.41. The van der Waals surface area contributed by atoms with Crippen molar-refractivity contribution in [1.82, 2.24) is 4.31 Å². The fourth-order valence-electron chi connectivity index (χ4n) is 3.23. The van der Waals surface area contributed by atoms with Crippen LogP contribution in [0.2, 0.25) is 0 Å². The van der Waals surface area contributed by atoms with Crippen molar-refractivity contribution in [2.24, 2.45) is 5.92 Å². The van der Waals surface area contributed by atoms with E-state index in [-0.39, 0.29) is 36.5 Å². The number of carbonyl (C=O) groups is 1. The zero-order valence-corrected chi connectivity index (χ0v) is 16.9. The first-order valence-corrected chi connectivity index (χ1v) is 10.7. The Kier molecular flexibility index (Phi) is 6.52. The van der Waals surface area contributed by atoms with Crippen LogP contribution in [0.1, 0.15) is 18.4 Å². The van der Waals surface area contributed by atoms with Crippen LogP contribution in [-0.4, -0.2) is 38.1 Å². The fourth-order valence-corrected chi connectivity index (χ4v) is 4.70. The van der Waals surface area contributed by atoms with Gasteiger partial charge in [-0.25, -0.2) is 8.42 Å². The lowest BCUT2D eigenvalue weighted by atomic mass is 9.97. The highest BCUT2D eigenvalue weighted by Gasteiger charge is 2.34. The predicted octanol–water partition coefficient (Wildman–Crippen LogP) is 3.50. The number of nitrogens with one attached hydrogen (secondary N) is 1. The molecule has 2 aromatic rings. The minimum atomic E-state index is -4.90. The number of sulfonamides is 1. The number of ether oxygens (including phenoxy) is 1. The molecule has 1 saturated heterocycles. The number of amides is 1. The van der Waals surface area contributed by atoms with Gasteiger partial charge in [-0.3, -0.25) is 4.79 Å². The van der Waals surface area contributed by atoms with Crippen molar-refractivity contribution in [2.75, 3.05) is 18.4 Å². The van der Waals surface area contributed by atoms with E-state index in [1.807, 2.05) is 6.07 Å². The van der Waals surface area contributed by atoms with Crippen LogP contribution in [0.4, 0.5) is 18.9 Å². The quantitative estimate of drug-likeness (QED) is 0.747. The van der Waals surface area contributed by atoms with Crippen molar-refractivity contribution in [1.29, 1.82) is 5.26 Å². The van der Waals surface area contributed by atoms with Gasteiger partial charge in [0.05, 0.1) is 22.2 Å². The SMILES string of the molecule is N#Cc1ccc(S(=O)(=O)N2CCC(C(=O)Nc3ccccc3OC(F)(F)F)CC2)cc1. The molecule has 0 spiro atoms. The number of hydrogen-bond donors (Lipinski definition) is 1. The van der Waals surface area contributed by atoms with E-state index in [0.717, 1.165) is 6.07 Å². The average molecular weight is 453 g/mol. The normalized spacial score (nSPS) is 15.8. The summed E-state index contributed by atoms with van der Waals surface area (Å²) < 4.78 is 68.3. The molecule has 0 unspecified atom stereocenters. The van der Waals surface area contributed by atoms with Crippen LogP contribution in [0.25, 0.3) is 0 Å². The summed E-state index contributed by atoms with van der Waals surface area (Å²) in [4.78, 5) is 12.6. The lowest BCUT2D eigenvalue weighted by molar-refractivity contribution is -0.274. The van der Waals surface area contributed by atoms with Crippen molar-refractivity contribution in [3.8, 4) is 11.8 Å². The molecule has 1 aliphatic rings. The summed E-state index contributed by atoms with van der Waals surface area (Å²) in [6.07, 6.45) is -4.47. The second-order valence-corrected chi connectivity index (χ2v) is 8.79. The van der Waals surface area contributed by atoms with Gasteiger partial charge in [-0.15, -0.1) is 13.2 Å². The van der Waals surface area contributed by atoms with Crippen LogP contribution in [0.5, 0.6) is 5.75 Å². The van der Waals surface area contributed by atoms with Gasteiger partial charge >= 0.3 is 6.36 Å². The second kappa shape index (κ2) is 8.95. The Labute approximate surface area is 177 Å². The largest absolute Gasteiger partial charge is 0.573 e. The smallest absolute Gasteiger partial charge is 0.404 e. The average Bonchev–Trinajstić information content (AvgIpc) is 2.74. The van der Waals surface area contributed by atoms with Gasteiger partial charge < -0.3 is 10.1 Å². The van der Waals surface area contributed by atoms with E-state index in [1.54, 1.807) is 0 Å². The number of alkyl halides is 3. The van der Waals surface area contributed by atoms with Gasteiger partial charge in [-0.2, -0.15) is 9.57 Å². The molecule has 1 heterocycles. The zero-order chi connectivity index (χ0) is 22.6. The van der Waals surface area contributed by atoms with Crippen molar-refractivity contribution in [2.45, 2.75) is 24.1 Å². The van der Waals surface area contributed by atoms with Gasteiger partial charge in [0.15, 0.2) is 5.75 Å². The number of hydrogen-bond acceptors (Lipinski definition) is 5. The highest BCUT2D eigenvalue weighted by atomic mass is 32.2. The Morgan fingerprint density at radius 3 is 2.29 bits per heavy atom. The number of para-hydroxylation sites is 2. The van der Waals surface area contributed by atoms with E-state index < -0.39 is 34.0 Å². The predicted molar refractivity (Wildman–Crippen MR) is 104 cm³/mol. The van der Waals surface area contributed by atoms with Gasteiger partial charge in [-0.05, 0) is 49.2 Å². The molecule has 7 nitrogen and oxygen atoms in total. The summed E-state index contributed by atoms with van der Waals surface area (Å²) in [5.74, 6) is -1.59. The highest BCUT2D eigenvalue weighted by molar-refractivity contribution is 7.89. The number of piperidine rings is 1. The summed E-state index contributed by atoms with van der Waals surface area (Å²) >= 11 is 0. The number of anilines is 1. The van der Waals surface area contributed by atoms with E-state index in [0.29, 0.717) is 5.56 Å². The molecular formula is C20H18F3N3O4S. The number of benzene rings is 2. The maximum Gasteiger partial charge on any atom is 0.573 e. The van der Waals surface area contributed by atoms with Crippen LogP contribution in [0, 0.1) is 17.2 Å². The summed E-state index contributed by atoms with van der Waals surface area (Å²) in [6, 6.07) is 12.6. The van der Waals surface area contributed by atoms with E-state index >= 15 is 0 Å². The van der Waals surface area contributed by atoms with E-state index in [4.69, 9.17) is 5.26 Å². The van der Waals surface area contributed by atoms with Crippen LogP contribution in [0.15, 0.2) is 53.4 Å².